The van der Waals surface area contributed by atoms with Gasteiger partial charge in [0.1, 0.15) is 12.7 Å². The van der Waals surface area contributed by atoms with Crippen molar-refractivity contribution in [3.8, 4) is 0 Å². The Kier molecular flexibility index (Phi) is 6.01. The van der Waals surface area contributed by atoms with E-state index in [9.17, 15) is 23.4 Å². The molecule has 0 aromatic carbocycles. The Morgan fingerprint density at radius 1 is 1.34 bits per heavy atom. The molecule has 0 aromatic heterocycles. The zero-order chi connectivity index (χ0) is 21.6. The van der Waals surface area contributed by atoms with Gasteiger partial charge in [-0.15, -0.1) is 0 Å². The van der Waals surface area contributed by atoms with Crippen molar-refractivity contribution in [2.24, 2.45) is 22.7 Å². The normalized spacial score (nSPS) is 42.0. The molecule has 0 bridgehead atoms. The molecule has 29 heavy (non-hydrogen) atoms. The van der Waals surface area contributed by atoms with Crippen LogP contribution in [0, 0.1) is 22.7 Å². The van der Waals surface area contributed by atoms with E-state index in [1.165, 1.54) is 0 Å². The molecular weight excluding hydrogens is 400 g/mol. The van der Waals surface area contributed by atoms with Crippen molar-refractivity contribution < 1.29 is 36.9 Å². The summed E-state index contributed by atoms with van der Waals surface area (Å²) in [5, 5.41) is 20.6. The van der Waals surface area contributed by atoms with Crippen LogP contribution in [0.5, 0.6) is 0 Å². The predicted molar refractivity (Wildman–Crippen MR) is 104 cm³/mol. The Hall–Kier alpha value is -1.26. The van der Waals surface area contributed by atoms with E-state index in [2.05, 4.69) is 17.7 Å². The van der Waals surface area contributed by atoms with Gasteiger partial charge in [-0.25, -0.2) is 8.98 Å². The van der Waals surface area contributed by atoms with Crippen molar-refractivity contribution in [3.63, 3.8) is 0 Å². The fourth-order valence-electron chi connectivity index (χ4n) is 5.78. The molecule has 0 radical (unpaired) electrons. The molecule has 3 rings (SSSR count). The molecule has 8 nitrogen and oxygen atoms in total. The lowest BCUT2D eigenvalue weighted by Gasteiger charge is -2.59. The van der Waals surface area contributed by atoms with Crippen LogP contribution in [0.1, 0.15) is 46.0 Å². The van der Waals surface area contributed by atoms with E-state index >= 15 is 0 Å². The van der Waals surface area contributed by atoms with Gasteiger partial charge in [-0.05, 0) is 49.4 Å². The molecule has 3 aliphatic rings. The standard InChI is InChI=1S/C20H30O8S/c1-12-4-7-16-19(2,9-8-17(22)20(16,3)11-21)14(12)6-5-13-15(10-27-18(13)23)28-29(24,25)26/h5,14-17,21-22H,1,4,6-11H2,2-3H3,(H,24,25,26)/b13-5+/t14-,15-,16+,17-,19+,20+/m1/s1. The predicted octanol–water partition coefficient (Wildman–Crippen LogP) is 1.79. The van der Waals surface area contributed by atoms with Gasteiger partial charge in [0.05, 0.1) is 18.3 Å². The van der Waals surface area contributed by atoms with E-state index < -0.39 is 34.0 Å². The van der Waals surface area contributed by atoms with Crippen molar-refractivity contribution in [3.05, 3.63) is 23.8 Å². The fourth-order valence-corrected chi connectivity index (χ4v) is 6.23. The van der Waals surface area contributed by atoms with E-state index in [0.717, 1.165) is 24.8 Å². The molecule has 0 aromatic rings. The summed E-state index contributed by atoms with van der Waals surface area (Å²) < 4.78 is 40.5. The topological polar surface area (TPSA) is 130 Å². The molecule has 164 valence electrons. The lowest BCUT2D eigenvalue weighted by Crippen LogP contribution is -2.57. The SMILES string of the molecule is C=C1CC[C@@H]2[C@](C)(CO)[C@H](O)CC[C@@]2(C)[C@@H]1C/C=C1/C(=O)OC[C@H]1OS(=O)(=O)O. The highest BCUT2D eigenvalue weighted by molar-refractivity contribution is 7.80. The summed E-state index contributed by atoms with van der Waals surface area (Å²) in [6.07, 6.45) is 3.22. The van der Waals surface area contributed by atoms with Gasteiger partial charge in [-0.3, -0.25) is 4.55 Å². The van der Waals surface area contributed by atoms with Crippen LogP contribution in [0.3, 0.4) is 0 Å². The summed E-state index contributed by atoms with van der Waals surface area (Å²) >= 11 is 0. The van der Waals surface area contributed by atoms with E-state index in [4.69, 9.17) is 9.29 Å². The van der Waals surface area contributed by atoms with Crippen molar-refractivity contribution >= 4 is 16.4 Å². The number of hydrogen-bond acceptors (Lipinski definition) is 7. The van der Waals surface area contributed by atoms with Crippen LogP contribution in [-0.4, -0.2) is 54.6 Å². The molecule has 6 atom stereocenters. The summed E-state index contributed by atoms with van der Waals surface area (Å²) in [6, 6.07) is 0. The van der Waals surface area contributed by atoms with Gasteiger partial charge in [0.15, 0.2) is 0 Å². The summed E-state index contributed by atoms with van der Waals surface area (Å²) in [5.74, 6) is -0.592. The van der Waals surface area contributed by atoms with Crippen molar-refractivity contribution in [1.29, 1.82) is 0 Å². The number of allylic oxidation sites excluding steroid dienone is 2. The number of aliphatic hydroxyl groups is 2. The molecular formula is C20H30O8S. The van der Waals surface area contributed by atoms with Crippen molar-refractivity contribution in [2.75, 3.05) is 13.2 Å². The molecule has 0 unspecified atom stereocenters. The third kappa shape index (κ3) is 4.03. The number of aliphatic hydroxyl groups excluding tert-OH is 2. The van der Waals surface area contributed by atoms with Crippen LogP contribution >= 0.6 is 0 Å². The molecule has 0 amide bonds. The molecule has 9 heteroatoms. The minimum atomic E-state index is -4.72. The zero-order valence-electron chi connectivity index (χ0n) is 16.8. The second-order valence-corrected chi connectivity index (χ2v) is 10.1. The molecule has 2 aliphatic carbocycles. The number of carbonyl (C=O) groups excluding carboxylic acids is 1. The highest BCUT2D eigenvalue weighted by atomic mass is 32.3. The summed E-state index contributed by atoms with van der Waals surface area (Å²) in [6.45, 7) is 7.92. The van der Waals surface area contributed by atoms with Gasteiger partial charge >= 0.3 is 16.4 Å². The first-order valence-corrected chi connectivity index (χ1v) is 11.3. The van der Waals surface area contributed by atoms with Crippen LogP contribution in [0.4, 0.5) is 0 Å². The highest BCUT2D eigenvalue weighted by Gasteiger charge is 2.57. The number of ether oxygens (including phenoxy) is 1. The number of carbonyl (C=O) groups is 1. The number of rotatable bonds is 5. The van der Waals surface area contributed by atoms with Crippen LogP contribution in [0.15, 0.2) is 23.8 Å². The van der Waals surface area contributed by atoms with Gasteiger partial charge in [0.2, 0.25) is 0 Å². The second-order valence-electron chi connectivity index (χ2n) is 9.03. The molecule has 1 heterocycles. The van der Waals surface area contributed by atoms with Gasteiger partial charge in [0, 0.05) is 5.41 Å². The van der Waals surface area contributed by atoms with E-state index in [0.29, 0.717) is 12.8 Å². The zero-order valence-corrected chi connectivity index (χ0v) is 17.7. The first kappa shape index (κ1) is 22.4. The molecule has 3 N–H and O–H groups in total. The lowest BCUT2D eigenvalue weighted by molar-refractivity contribution is -0.151. The van der Waals surface area contributed by atoms with Crippen LogP contribution in [-0.2, 0) is 24.1 Å². The fraction of sp³-hybridized carbons (Fsp3) is 0.750. The number of esters is 1. The van der Waals surface area contributed by atoms with Gasteiger partial charge < -0.3 is 14.9 Å². The lowest BCUT2D eigenvalue weighted by atomic mass is 9.46. The largest absolute Gasteiger partial charge is 0.459 e. The molecule has 2 saturated carbocycles. The molecule has 1 aliphatic heterocycles. The van der Waals surface area contributed by atoms with Crippen LogP contribution < -0.4 is 0 Å². The minimum Gasteiger partial charge on any atom is -0.459 e. The van der Waals surface area contributed by atoms with E-state index in [-0.39, 0.29) is 36.0 Å². The second kappa shape index (κ2) is 7.77. The van der Waals surface area contributed by atoms with E-state index in [1.54, 1.807) is 6.08 Å². The monoisotopic (exact) mass is 430 g/mol. The van der Waals surface area contributed by atoms with Crippen molar-refractivity contribution in [1.82, 2.24) is 0 Å². The van der Waals surface area contributed by atoms with E-state index in [1.807, 2.05) is 6.92 Å². The van der Waals surface area contributed by atoms with Crippen molar-refractivity contribution in [2.45, 2.75) is 58.2 Å². The third-order valence-corrected chi connectivity index (χ3v) is 7.93. The van der Waals surface area contributed by atoms with Gasteiger partial charge in [-0.2, -0.15) is 8.42 Å². The Morgan fingerprint density at radius 3 is 2.66 bits per heavy atom. The maximum atomic E-state index is 12.0. The number of cyclic esters (lactones) is 1. The summed E-state index contributed by atoms with van der Waals surface area (Å²) in [7, 11) is -4.72. The first-order chi connectivity index (χ1) is 13.4. The summed E-state index contributed by atoms with van der Waals surface area (Å²) in [5.41, 5.74) is 0.269. The Morgan fingerprint density at radius 2 is 2.03 bits per heavy atom. The number of hydrogen-bond donors (Lipinski definition) is 3. The maximum Gasteiger partial charge on any atom is 0.398 e. The quantitative estimate of drug-likeness (QED) is 0.260. The average Bonchev–Trinajstić information content (AvgIpc) is 2.96. The molecule has 3 fully saturated rings. The Balaban J connectivity index is 1.88. The van der Waals surface area contributed by atoms with Crippen LogP contribution in [0.2, 0.25) is 0 Å². The Bertz CT molecular complexity index is 818. The van der Waals surface area contributed by atoms with Gasteiger partial charge in [0.25, 0.3) is 0 Å². The number of fused-ring (bicyclic) bond motifs is 1. The third-order valence-electron chi connectivity index (χ3n) is 7.45. The summed E-state index contributed by atoms with van der Waals surface area (Å²) in [4.78, 5) is 12.0. The Labute approximate surface area is 171 Å². The average molecular weight is 431 g/mol. The smallest absolute Gasteiger partial charge is 0.398 e. The molecule has 1 saturated heterocycles. The van der Waals surface area contributed by atoms with Gasteiger partial charge in [-0.1, -0.05) is 32.1 Å². The minimum absolute atomic E-state index is 0.00749. The molecule has 0 spiro atoms. The first-order valence-electron chi connectivity index (χ1n) is 9.92. The highest BCUT2D eigenvalue weighted by Crippen LogP contribution is 2.61. The maximum absolute atomic E-state index is 12.0. The van der Waals surface area contributed by atoms with Crippen LogP contribution in [0.25, 0.3) is 0 Å².